The molecule has 0 aromatic carbocycles. The van der Waals surface area contributed by atoms with E-state index in [0.717, 1.165) is 31.0 Å². The maximum atomic E-state index is 11.9. The van der Waals surface area contributed by atoms with Crippen LogP contribution in [0, 0.1) is 23.2 Å². The van der Waals surface area contributed by atoms with Crippen molar-refractivity contribution in [2.75, 3.05) is 26.2 Å². The second-order valence-corrected chi connectivity index (χ2v) is 10.6. The van der Waals surface area contributed by atoms with Crippen LogP contribution in [0.1, 0.15) is 91.9 Å². The molecular weight excluding hydrogens is 332 g/mol. The molecule has 0 unspecified atom stereocenters. The van der Waals surface area contributed by atoms with Crippen molar-refractivity contribution in [3.63, 3.8) is 0 Å². The van der Waals surface area contributed by atoms with Crippen molar-refractivity contribution in [2.24, 2.45) is 23.2 Å². The zero-order valence-electron chi connectivity index (χ0n) is 18.5. The molecule has 27 heavy (non-hydrogen) atoms. The van der Waals surface area contributed by atoms with Crippen molar-refractivity contribution in [3.05, 3.63) is 0 Å². The zero-order chi connectivity index (χ0) is 19.4. The number of rotatable bonds is 3. The van der Waals surface area contributed by atoms with Gasteiger partial charge in [-0.2, -0.15) is 0 Å². The molecule has 156 valence electrons. The van der Waals surface area contributed by atoms with Crippen LogP contribution in [-0.4, -0.2) is 47.9 Å². The summed E-state index contributed by atoms with van der Waals surface area (Å²) in [6.45, 7) is 13.4. The van der Waals surface area contributed by atoms with Crippen LogP contribution < -0.4 is 0 Å². The summed E-state index contributed by atoms with van der Waals surface area (Å²) in [6, 6.07) is 0.835. The molecule has 0 aromatic heterocycles. The smallest absolute Gasteiger partial charge is 0.225 e. The van der Waals surface area contributed by atoms with Gasteiger partial charge < -0.3 is 9.80 Å². The van der Waals surface area contributed by atoms with E-state index in [-0.39, 0.29) is 5.92 Å². The van der Waals surface area contributed by atoms with Gasteiger partial charge in [-0.15, -0.1) is 0 Å². The molecule has 1 amide bonds. The first kappa shape index (κ1) is 21.1. The van der Waals surface area contributed by atoms with Gasteiger partial charge in [0.25, 0.3) is 0 Å². The van der Waals surface area contributed by atoms with Gasteiger partial charge in [-0.3, -0.25) is 4.79 Å². The molecule has 4 aliphatic rings. The van der Waals surface area contributed by atoms with Crippen LogP contribution in [0.15, 0.2) is 0 Å². The number of carbonyl (C=O) groups is 1. The number of carbonyl (C=O) groups excluding carboxylic acids is 1. The van der Waals surface area contributed by atoms with Gasteiger partial charge in [-0.05, 0) is 50.6 Å². The highest BCUT2D eigenvalue weighted by Gasteiger charge is 2.54. The molecule has 0 N–H and O–H groups in total. The normalized spacial score (nSPS) is 26.5. The lowest BCUT2D eigenvalue weighted by Gasteiger charge is -2.61. The molecule has 1 spiro atoms. The Morgan fingerprint density at radius 1 is 0.852 bits per heavy atom. The summed E-state index contributed by atoms with van der Waals surface area (Å²) in [6.07, 6.45) is 14.3. The van der Waals surface area contributed by atoms with Crippen molar-refractivity contribution in [2.45, 2.75) is 97.9 Å². The molecule has 0 aromatic rings. The van der Waals surface area contributed by atoms with E-state index in [9.17, 15) is 4.79 Å². The van der Waals surface area contributed by atoms with Crippen LogP contribution in [0.3, 0.4) is 0 Å². The Morgan fingerprint density at radius 3 is 1.89 bits per heavy atom. The highest BCUT2D eigenvalue weighted by atomic mass is 16.2. The number of hydrogen-bond donors (Lipinski definition) is 0. The van der Waals surface area contributed by atoms with Crippen LogP contribution in [0.5, 0.6) is 0 Å². The minimum absolute atomic E-state index is 0.167. The molecule has 3 heteroatoms. The van der Waals surface area contributed by atoms with E-state index < -0.39 is 0 Å². The van der Waals surface area contributed by atoms with E-state index in [1.165, 1.54) is 77.3 Å². The average Bonchev–Trinajstić information content (AvgIpc) is 2.61. The van der Waals surface area contributed by atoms with Crippen molar-refractivity contribution in [1.82, 2.24) is 9.80 Å². The average molecular weight is 377 g/mol. The molecule has 3 nitrogen and oxygen atoms in total. The Labute approximate surface area is 168 Å². The monoisotopic (exact) mass is 376 g/mol. The predicted molar refractivity (Wildman–Crippen MR) is 114 cm³/mol. The summed E-state index contributed by atoms with van der Waals surface area (Å²) in [5.41, 5.74) is 0.520. The molecule has 2 aliphatic carbocycles. The van der Waals surface area contributed by atoms with Crippen LogP contribution in [0.25, 0.3) is 0 Å². The largest absolute Gasteiger partial charge is 0.341 e. The van der Waals surface area contributed by atoms with Gasteiger partial charge in [0, 0.05) is 30.5 Å². The van der Waals surface area contributed by atoms with Crippen LogP contribution in [0.2, 0.25) is 0 Å². The number of hydrogen-bond acceptors (Lipinski definition) is 2. The molecule has 2 saturated carbocycles. The van der Waals surface area contributed by atoms with Gasteiger partial charge >= 0.3 is 0 Å². The highest BCUT2D eigenvalue weighted by molar-refractivity contribution is 5.79. The Kier molecular flexibility index (Phi) is 7.27. The molecule has 0 radical (unpaired) electrons. The molecular formula is C24H44N2O. The Morgan fingerprint density at radius 2 is 1.41 bits per heavy atom. The molecule has 2 saturated heterocycles. The summed E-state index contributed by atoms with van der Waals surface area (Å²) in [5, 5.41) is 0. The van der Waals surface area contributed by atoms with Crippen molar-refractivity contribution in [3.8, 4) is 0 Å². The van der Waals surface area contributed by atoms with Gasteiger partial charge in [0.15, 0.2) is 0 Å². The second kappa shape index (κ2) is 9.29. The third-order valence-electron chi connectivity index (χ3n) is 7.70. The van der Waals surface area contributed by atoms with Crippen LogP contribution in [-0.2, 0) is 4.79 Å². The Bertz CT molecular complexity index is 461. The summed E-state index contributed by atoms with van der Waals surface area (Å²) in [5.74, 6) is 2.51. The summed E-state index contributed by atoms with van der Waals surface area (Å²) in [7, 11) is 0. The van der Waals surface area contributed by atoms with E-state index in [2.05, 4.69) is 23.6 Å². The third-order valence-corrected chi connectivity index (χ3v) is 7.70. The fourth-order valence-electron chi connectivity index (χ4n) is 5.83. The quantitative estimate of drug-likeness (QED) is 0.663. The number of likely N-dealkylation sites (tertiary alicyclic amines) is 2. The van der Waals surface area contributed by atoms with E-state index in [1.54, 1.807) is 0 Å². The lowest BCUT2D eigenvalue weighted by Crippen LogP contribution is -2.68. The first-order valence-corrected chi connectivity index (χ1v) is 11.9. The lowest BCUT2D eigenvalue weighted by molar-refractivity contribution is -0.161. The van der Waals surface area contributed by atoms with E-state index in [4.69, 9.17) is 0 Å². The van der Waals surface area contributed by atoms with Gasteiger partial charge in [-0.1, -0.05) is 66.2 Å². The first-order valence-electron chi connectivity index (χ1n) is 11.9. The first-order chi connectivity index (χ1) is 12.9. The molecule has 0 bridgehead atoms. The third kappa shape index (κ3) is 5.28. The number of nitrogens with zero attached hydrogens (tertiary/aromatic N) is 2. The van der Waals surface area contributed by atoms with E-state index in [0.29, 0.717) is 11.3 Å². The predicted octanol–water partition coefficient (Wildman–Crippen LogP) is 5.34. The fourth-order valence-corrected chi connectivity index (χ4v) is 5.83. The molecule has 4 rings (SSSR count). The maximum Gasteiger partial charge on any atom is 0.225 e. The molecule has 0 atom stereocenters. The Balaban J connectivity index is 0.000000197. The van der Waals surface area contributed by atoms with Crippen molar-refractivity contribution < 1.29 is 4.79 Å². The van der Waals surface area contributed by atoms with Crippen molar-refractivity contribution >= 4 is 5.91 Å². The number of amides is 1. The summed E-state index contributed by atoms with van der Waals surface area (Å²) >= 11 is 0. The lowest BCUT2D eigenvalue weighted by atomic mass is 9.60. The minimum Gasteiger partial charge on any atom is -0.341 e. The van der Waals surface area contributed by atoms with Crippen LogP contribution >= 0.6 is 0 Å². The van der Waals surface area contributed by atoms with Gasteiger partial charge in [-0.25, -0.2) is 0 Å². The van der Waals surface area contributed by atoms with Gasteiger partial charge in [0.1, 0.15) is 0 Å². The minimum atomic E-state index is 0.167. The highest BCUT2D eigenvalue weighted by Crippen LogP contribution is 2.50. The Hall–Kier alpha value is -0.570. The standard InChI is InChI=1S/C15H26N2O.C9H18/c1-12(2)14(18)17-10-15(11-17)8-13(9-15)16-6-4-3-5-7-16;1-8(2)9-6-4-3-5-7-9/h12-13H,3-11H2,1-2H3;8-9H,3-7H2,1-2H3. The molecule has 4 fully saturated rings. The van der Waals surface area contributed by atoms with E-state index >= 15 is 0 Å². The summed E-state index contributed by atoms with van der Waals surface area (Å²) < 4.78 is 0. The second-order valence-electron chi connectivity index (χ2n) is 10.6. The topological polar surface area (TPSA) is 23.6 Å². The van der Waals surface area contributed by atoms with E-state index in [1.807, 2.05) is 13.8 Å². The van der Waals surface area contributed by atoms with Crippen LogP contribution in [0.4, 0.5) is 0 Å². The maximum absolute atomic E-state index is 11.9. The van der Waals surface area contributed by atoms with Gasteiger partial charge in [0.05, 0.1) is 0 Å². The zero-order valence-corrected chi connectivity index (χ0v) is 18.5. The summed E-state index contributed by atoms with van der Waals surface area (Å²) in [4.78, 5) is 16.6. The van der Waals surface area contributed by atoms with Gasteiger partial charge in [0.2, 0.25) is 5.91 Å². The fraction of sp³-hybridized carbons (Fsp3) is 0.958. The molecule has 2 aliphatic heterocycles. The molecule has 2 heterocycles. The van der Waals surface area contributed by atoms with Crippen molar-refractivity contribution in [1.29, 1.82) is 0 Å². The number of piperidine rings is 1. The SMILES string of the molecule is CC(C)C(=O)N1CC2(CC(N3CCCCC3)C2)C1.CC(C)C1CCCCC1.